The van der Waals surface area contributed by atoms with Gasteiger partial charge < -0.3 is 9.84 Å². The maximum atomic E-state index is 12.0. The summed E-state index contributed by atoms with van der Waals surface area (Å²) in [4.78, 5) is 14.2. The summed E-state index contributed by atoms with van der Waals surface area (Å²) >= 11 is 3.38. The summed E-state index contributed by atoms with van der Waals surface area (Å²) in [5.74, 6) is 1.15. The molecule has 0 bridgehead atoms. The second-order valence-corrected chi connectivity index (χ2v) is 6.56. The fourth-order valence-corrected chi connectivity index (χ4v) is 2.56. The smallest absolute Gasteiger partial charge is 0.273 e. The van der Waals surface area contributed by atoms with Crippen LogP contribution in [0.25, 0.3) is 0 Å². The first-order valence-corrected chi connectivity index (χ1v) is 8.20. The Morgan fingerprint density at radius 2 is 2.33 bits per heavy atom. The van der Waals surface area contributed by atoms with E-state index >= 15 is 0 Å². The number of amides is 1. The van der Waals surface area contributed by atoms with Crippen LogP contribution in [0.4, 0.5) is 0 Å². The van der Waals surface area contributed by atoms with Gasteiger partial charge in [-0.05, 0) is 25.8 Å². The first-order valence-electron chi connectivity index (χ1n) is 7.40. The lowest BCUT2D eigenvalue weighted by atomic mass is 10.3. The van der Waals surface area contributed by atoms with E-state index in [-0.39, 0.29) is 5.91 Å². The number of hydrogen-bond acceptors (Lipinski definition) is 4. The molecule has 6 heteroatoms. The summed E-state index contributed by atoms with van der Waals surface area (Å²) in [6.07, 6.45) is 3.35. The van der Waals surface area contributed by atoms with Gasteiger partial charge in [0.15, 0.2) is 5.69 Å². The van der Waals surface area contributed by atoms with Gasteiger partial charge in [0.1, 0.15) is 5.76 Å². The van der Waals surface area contributed by atoms with Crippen molar-refractivity contribution < 1.29 is 9.32 Å². The monoisotopic (exact) mass is 355 g/mol. The third-order valence-corrected chi connectivity index (χ3v) is 3.64. The first kappa shape index (κ1) is 16.2. The Hall–Kier alpha value is -1.14. The van der Waals surface area contributed by atoms with Gasteiger partial charge in [-0.2, -0.15) is 0 Å². The molecule has 0 saturated heterocycles. The van der Waals surface area contributed by atoms with Crippen molar-refractivity contribution in [1.29, 1.82) is 0 Å². The summed E-state index contributed by atoms with van der Waals surface area (Å²) < 4.78 is 6.14. The van der Waals surface area contributed by atoms with Crippen LogP contribution in [0.1, 0.15) is 48.4 Å². The van der Waals surface area contributed by atoms with E-state index in [1.165, 1.54) is 0 Å². The zero-order valence-corrected chi connectivity index (χ0v) is 14.0. The highest BCUT2D eigenvalue weighted by Crippen LogP contribution is 2.40. The fourth-order valence-electron chi connectivity index (χ4n) is 2.20. The SMILES string of the molecule is C=C(Br)CN(CCC)CCNC(=O)c1cc(C2CC2)on1. The Morgan fingerprint density at radius 3 is 2.95 bits per heavy atom. The second-order valence-electron chi connectivity index (χ2n) is 5.44. The van der Waals surface area contributed by atoms with Crippen molar-refractivity contribution in [2.45, 2.75) is 32.1 Å². The van der Waals surface area contributed by atoms with E-state index in [0.29, 0.717) is 18.2 Å². The number of hydrogen-bond donors (Lipinski definition) is 1. The number of nitrogens with one attached hydrogen (secondary N) is 1. The van der Waals surface area contributed by atoms with Gasteiger partial charge in [0, 0.05) is 36.1 Å². The predicted molar refractivity (Wildman–Crippen MR) is 85.6 cm³/mol. The standard InChI is InChI=1S/C15H22BrN3O2/c1-3-7-19(10-11(2)16)8-6-17-15(20)13-9-14(21-18-13)12-4-5-12/h9,12H,2-8,10H2,1H3,(H,17,20). The Balaban J connectivity index is 1.75. The zero-order valence-electron chi connectivity index (χ0n) is 12.4. The van der Waals surface area contributed by atoms with E-state index in [0.717, 1.165) is 49.1 Å². The molecule has 21 heavy (non-hydrogen) atoms. The van der Waals surface area contributed by atoms with Gasteiger partial charge in [0.25, 0.3) is 5.91 Å². The molecule has 0 aromatic carbocycles. The molecule has 1 aromatic heterocycles. The number of rotatable bonds is 9. The van der Waals surface area contributed by atoms with Gasteiger partial charge in [-0.15, -0.1) is 0 Å². The Labute approximate surface area is 133 Å². The lowest BCUT2D eigenvalue weighted by molar-refractivity contribution is 0.0940. The molecule has 0 aliphatic heterocycles. The van der Waals surface area contributed by atoms with Crippen molar-refractivity contribution in [3.63, 3.8) is 0 Å². The third kappa shape index (κ3) is 5.28. The molecule has 1 aliphatic rings. The van der Waals surface area contributed by atoms with E-state index in [2.05, 4.69) is 44.8 Å². The molecule has 1 aliphatic carbocycles. The molecular formula is C15H22BrN3O2. The van der Waals surface area contributed by atoms with Gasteiger partial charge in [-0.1, -0.05) is 34.6 Å². The van der Waals surface area contributed by atoms with Crippen LogP contribution < -0.4 is 5.32 Å². The van der Waals surface area contributed by atoms with E-state index in [4.69, 9.17) is 4.52 Å². The lowest BCUT2D eigenvalue weighted by Gasteiger charge is -2.21. The van der Waals surface area contributed by atoms with Crippen molar-refractivity contribution in [1.82, 2.24) is 15.4 Å². The van der Waals surface area contributed by atoms with E-state index in [1.807, 2.05) is 0 Å². The molecule has 0 radical (unpaired) electrons. The van der Waals surface area contributed by atoms with Crippen molar-refractivity contribution in [2.24, 2.45) is 0 Å². The largest absolute Gasteiger partial charge is 0.360 e. The van der Waals surface area contributed by atoms with Crippen LogP contribution in [0.2, 0.25) is 0 Å². The summed E-state index contributed by atoms with van der Waals surface area (Å²) in [6, 6.07) is 1.76. The van der Waals surface area contributed by atoms with E-state index < -0.39 is 0 Å². The third-order valence-electron chi connectivity index (χ3n) is 3.39. The van der Waals surface area contributed by atoms with Gasteiger partial charge in [0.05, 0.1) is 0 Å². The lowest BCUT2D eigenvalue weighted by Crippen LogP contribution is -2.36. The summed E-state index contributed by atoms with van der Waals surface area (Å²) in [5, 5.41) is 6.72. The van der Waals surface area contributed by atoms with Crippen molar-refractivity contribution >= 4 is 21.8 Å². The second kappa shape index (κ2) is 7.75. The topological polar surface area (TPSA) is 58.4 Å². The van der Waals surface area contributed by atoms with Crippen LogP contribution in [0, 0.1) is 0 Å². The van der Waals surface area contributed by atoms with Crippen LogP contribution in [0.5, 0.6) is 0 Å². The van der Waals surface area contributed by atoms with Crippen LogP contribution in [0.3, 0.4) is 0 Å². The van der Waals surface area contributed by atoms with Crippen LogP contribution >= 0.6 is 15.9 Å². The number of carbonyl (C=O) groups is 1. The minimum Gasteiger partial charge on any atom is -0.360 e. The van der Waals surface area contributed by atoms with Crippen LogP contribution in [0.15, 0.2) is 21.7 Å². The number of carbonyl (C=O) groups excluding carboxylic acids is 1. The maximum absolute atomic E-state index is 12.0. The summed E-state index contributed by atoms with van der Waals surface area (Å²) in [7, 11) is 0. The molecule has 0 atom stereocenters. The molecule has 1 heterocycles. The molecule has 116 valence electrons. The molecule has 2 rings (SSSR count). The summed E-state index contributed by atoms with van der Waals surface area (Å²) in [6.45, 7) is 9.15. The Kier molecular flexibility index (Phi) is 5.99. The fraction of sp³-hybridized carbons (Fsp3) is 0.600. The predicted octanol–water partition coefficient (Wildman–Crippen LogP) is 2.90. The van der Waals surface area contributed by atoms with Crippen LogP contribution in [-0.2, 0) is 0 Å². The molecular weight excluding hydrogens is 334 g/mol. The van der Waals surface area contributed by atoms with Gasteiger partial charge in [0.2, 0.25) is 0 Å². The van der Waals surface area contributed by atoms with Gasteiger partial charge in [-0.25, -0.2) is 0 Å². The average Bonchev–Trinajstić information content (AvgIpc) is 3.15. The Morgan fingerprint density at radius 1 is 1.57 bits per heavy atom. The van der Waals surface area contributed by atoms with Crippen molar-refractivity contribution in [3.05, 3.63) is 28.6 Å². The number of halogens is 1. The minimum absolute atomic E-state index is 0.167. The van der Waals surface area contributed by atoms with E-state index in [9.17, 15) is 4.79 Å². The van der Waals surface area contributed by atoms with Crippen molar-refractivity contribution in [2.75, 3.05) is 26.2 Å². The zero-order chi connectivity index (χ0) is 15.2. The van der Waals surface area contributed by atoms with Gasteiger partial charge >= 0.3 is 0 Å². The maximum Gasteiger partial charge on any atom is 0.273 e. The first-order chi connectivity index (χ1) is 10.1. The van der Waals surface area contributed by atoms with E-state index in [1.54, 1.807) is 6.07 Å². The molecule has 1 aromatic rings. The molecule has 1 amide bonds. The van der Waals surface area contributed by atoms with Crippen molar-refractivity contribution in [3.8, 4) is 0 Å². The quantitative estimate of drug-likeness (QED) is 0.739. The normalized spacial score (nSPS) is 14.4. The molecule has 0 spiro atoms. The molecule has 1 fully saturated rings. The highest BCUT2D eigenvalue weighted by atomic mass is 79.9. The average molecular weight is 356 g/mol. The Bertz CT molecular complexity index is 497. The number of nitrogens with zero attached hydrogens (tertiary/aromatic N) is 2. The summed E-state index contributed by atoms with van der Waals surface area (Å²) in [5.41, 5.74) is 0.379. The molecule has 1 N–H and O–H groups in total. The van der Waals surface area contributed by atoms with Crippen LogP contribution in [-0.4, -0.2) is 42.1 Å². The molecule has 5 nitrogen and oxygen atoms in total. The number of aromatic nitrogens is 1. The molecule has 1 saturated carbocycles. The molecule has 0 unspecified atom stereocenters. The highest BCUT2D eigenvalue weighted by molar-refractivity contribution is 9.11. The van der Waals surface area contributed by atoms with Gasteiger partial charge in [-0.3, -0.25) is 9.69 Å². The highest BCUT2D eigenvalue weighted by Gasteiger charge is 2.28. The minimum atomic E-state index is -0.167.